The summed E-state index contributed by atoms with van der Waals surface area (Å²) in [5.41, 5.74) is 0.538. The summed E-state index contributed by atoms with van der Waals surface area (Å²) in [7, 11) is 0. The third-order valence-electron chi connectivity index (χ3n) is 4.83. The van der Waals surface area contributed by atoms with Gasteiger partial charge in [0.15, 0.2) is 5.82 Å². The molecule has 130 valence electrons. The van der Waals surface area contributed by atoms with Gasteiger partial charge in [-0.25, -0.2) is 0 Å². The van der Waals surface area contributed by atoms with Crippen molar-refractivity contribution in [3.63, 3.8) is 0 Å². The van der Waals surface area contributed by atoms with Crippen molar-refractivity contribution in [2.75, 3.05) is 13.1 Å². The summed E-state index contributed by atoms with van der Waals surface area (Å²) in [4.78, 5) is 18.8. The molecular formula is C17H25N5O2. The number of rotatable bonds is 5. The standard InChI is InChI=1S/C17H25N5O2/c1-4-14(5-2)22-11-8-15(19-22)17(23)21-9-6-13(7-10-21)16-18-12(3)24-20-16/h8,11,13-14H,4-7,9-10H2,1-3H3. The monoisotopic (exact) mass is 331 g/mol. The molecule has 0 spiro atoms. The number of carbonyl (C=O) groups is 1. The molecule has 0 aromatic carbocycles. The van der Waals surface area contributed by atoms with Gasteiger partial charge < -0.3 is 9.42 Å². The van der Waals surface area contributed by atoms with Crippen LogP contribution >= 0.6 is 0 Å². The second kappa shape index (κ2) is 7.15. The lowest BCUT2D eigenvalue weighted by Crippen LogP contribution is -2.38. The van der Waals surface area contributed by atoms with Gasteiger partial charge in [0.1, 0.15) is 5.69 Å². The van der Waals surface area contributed by atoms with Crippen molar-refractivity contribution in [3.05, 3.63) is 29.7 Å². The van der Waals surface area contributed by atoms with Gasteiger partial charge in [-0.2, -0.15) is 10.1 Å². The first-order chi connectivity index (χ1) is 11.6. The van der Waals surface area contributed by atoms with E-state index in [1.54, 1.807) is 6.92 Å². The van der Waals surface area contributed by atoms with Gasteiger partial charge in [0.05, 0.1) is 6.04 Å². The van der Waals surface area contributed by atoms with Crippen molar-refractivity contribution in [2.24, 2.45) is 0 Å². The molecule has 0 atom stereocenters. The maximum atomic E-state index is 12.7. The molecule has 3 rings (SSSR count). The molecule has 1 saturated heterocycles. The van der Waals surface area contributed by atoms with Gasteiger partial charge in [-0.15, -0.1) is 0 Å². The van der Waals surface area contributed by atoms with E-state index in [1.807, 2.05) is 21.8 Å². The second-order valence-electron chi connectivity index (χ2n) is 6.39. The summed E-state index contributed by atoms with van der Waals surface area (Å²) in [6, 6.07) is 2.19. The van der Waals surface area contributed by atoms with Crippen LogP contribution in [0.15, 0.2) is 16.8 Å². The zero-order valence-electron chi connectivity index (χ0n) is 14.6. The Kier molecular flexibility index (Phi) is 4.97. The number of piperidine rings is 1. The first-order valence-corrected chi connectivity index (χ1v) is 8.77. The Balaban J connectivity index is 1.61. The Morgan fingerprint density at radius 1 is 1.33 bits per heavy atom. The van der Waals surface area contributed by atoms with E-state index in [2.05, 4.69) is 29.1 Å². The molecule has 3 heterocycles. The molecule has 0 saturated carbocycles. The number of likely N-dealkylation sites (tertiary alicyclic amines) is 1. The molecule has 2 aromatic rings. The van der Waals surface area contributed by atoms with E-state index in [9.17, 15) is 4.79 Å². The minimum absolute atomic E-state index is 0.0162. The molecule has 0 N–H and O–H groups in total. The molecule has 1 fully saturated rings. The van der Waals surface area contributed by atoms with Crippen LogP contribution in [0.25, 0.3) is 0 Å². The quantitative estimate of drug-likeness (QED) is 0.842. The van der Waals surface area contributed by atoms with Gasteiger partial charge in [-0.3, -0.25) is 9.48 Å². The van der Waals surface area contributed by atoms with Crippen molar-refractivity contribution in [1.29, 1.82) is 0 Å². The van der Waals surface area contributed by atoms with Crippen LogP contribution in [-0.2, 0) is 0 Å². The fraction of sp³-hybridized carbons (Fsp3) is 0.647. The Morgan fingerprint density at radius 3 is 2.62 bits per heavy atom. The molecule has 7 heteroatoms. The van der Waals surface area contributed by atoms with Crippen molar-refractivity contribution in [1.82, 2.24) is 24.8 Å². The van der Waals surface area contributed by atoms with Crippen LogP contribution in [0.3, 0.4) is 0 Å². The van der Waals surface area contributed by atoms with E-state index in [0.29, 0.717) is 30.7 Å². The fourth-order valence-corrected chi connectivity index (χ4v) is 3.30. The lowest BCUT2D eigenvalue weighted by molar-refractivity contribution is 0.0703. The highest BCUT2D eigenvalue weighted by Gasteiger charge is 2.28. The molecule has 0 aliphatic carbocycles. The topological polar surface area (TPSA) is 77.0 Å². The number of carbonyl (C=O) groups excluding carboxylic acids is 1. The lowest BCUT2D eigenvalue weighted by atomic mass is 9.96. The smallest absolute Gasteiger partial charge is 0.274 e. The molecule has 0 unspecified atom stereocenters. The Morgan fingerprint density at radius 2 is 2.04 bits per heavy atom. The molecule has 1 aliphatic heterocycles. The molecule has 1 amide bonds. The van der Waals surface area contributed by atoms with Crippen molar-refractivity contribution < 1.29 is 9.32 Å². The number of aryl methyl sites for hydroxylation is 1. The molecule has 0 radical (unpaired) electrons. The Bertz CT molecular complexity index is 681. The Labute approximate surface area is 142 Å². The predicted octanol–water partition coefficient (Wildman–Crippen LogP) is 2.96. The average Bonchev–Trinajstić information content (AvgIpc) is 3.25. The number of hydrogen-bond donors (Lipinski definition) is 0. The summed E-state index contributed by atoms with van der Waals surface area (Å²) in [5, 5.41) is 8.50. The number of amides is 1. The fourth-order valence-electron chi connectivity index (χ4n) is 3.30. The highest BCUT2D eigenvalue weighted by atomic mass is 16.5. The van der Waals surface area contributed by atoms with Crippen molar-refractivity contribution in [2.45, 2.75) is 58.4 Å². The van der Waals surface area contributed by atoms with Gasteiger partial charge in [0.25, 0.3) is 5.91 Å². The van der Waals surface area contributed by atoms with Gasteiger partial charge in [-0.05, 0) is 31.7 Å². The molecular weight excluding hydrogens is 306 g/mol. The largest absolute Gasteiger partial charge is 0.340 e. The molecule has 24 heavy (non-hydrogen) atoms. The highest BCUT2D eigenvalue weighted by Crippen LogP contribution is 2.26. The summed E-state index contributed by atoms with van der Waals surface area (Å²) >= 11 is 0. The van der Waals surface area contributed by atoms with E-state index in [1.165, 1.54) is 0 Å². The second-order valence-corrected chi connectivity index (χ2v) is 6.39. The molecule has 1 aliphatic rings. The van der Waals surface area contributed by atoms with Crippen LogP contribution < -0.4 is 0 Å². The van der Waals surface area contributed by atoms with E-state index in [0.717, 1.165) is 31.5 Å². The van der Waals surface area contributed by atoms with Crippen LogP contribution in [0.1, 0.15) is 73.7 Å². The van der Waals surface area contributed by atoms with Crippen LogP contribution in [0.5, 0.6) is 0 Å². The van der Waals surface area contributed by atoms with Gasteiger partial charge in [-0.1, -0.05) is 19.0 Å². The molecule has 7 nitrogen and oxygen atoms in total. The van der Waals surface area contributed by atoms with Crippen LogP contribution in [0, 0.1) is 6.92 Å². The maximum Gasteiger partial charge on any atom is 0.274 e. The summed E-state index contributed by atoms with van der Waals surface area (Å²) in [5.74, 6) is 1.64. The summed E-state index contributed by atoms with van der Waals surface area (Å²) in [6.45, 7) is 7.48. The van der Waals surface area contributed by atoms with E-state index in [4.69, 9.17) is 4.52 Å². The van der Waals surface area contributed by atoms with Crippen molar-refractivity contribution >= 4 is 5.91 Å². The van der Waals surface area contributed by atoms with Crippen LogP contribution in [-0.4, -0.2) is 43.8 Å². The predicted molar refractivity (Wildman–Crippen MR) is 88.8 cm³/mol. The maximum absolute atomic E-state index is 12.7. The number of hydrogen-bond acceptors (Lipinski definition) is 5. The minimum atomic E-state index is 0.0162. The van der Waals surface area contributed by atoms with Crippen LogP contribution in [0.4, 0.5) is 0 Å². The molecule has 2 aromatic heterocycles. The normalized spacial score (nSPS) is 16.1. The SMILES string of the molecule is CCC(CC)n1ccc(C(=O)N2CCC(c3noc(C)n3)CC2)n1. The highest BCUT2D eigenvalue weighted by molar-refractivity contribution is 5.92. The van der Waals surface area contributed by atoms with Gasteiger partial charge >= 0.3 is 0 Å². The lowest BCUT2D eigenvalue weighted by Gasteiger charge is -2.30. The first-order valence-electron chi connectivity index (χ1n) is 8.77. The first kappa shape index (κ1) is 16.7. The number of nitrogens with zero attached hydrogens (tertiary/aromatic N) is 5. The minimum Gasteiger partial charge on any atom is -0.340 e. The van der Waals surface area contributed by atoms with Crippen LogP contribution in [0.2, 0.25) is 0 Å². The van der Waals surface area contributed by atoms with E-state index in [-0.39, 0.29) is 11.8 Å². The zero-order chi connectivity index (χ0) is 17.1. The van der Waals surface area contributed by atoms with Gasteiger partial charge in [0.2, 0.25) is 5.89 Å². The van der Waals surface area contributed by atoms with Gasteiger partial charge in [0, 0.05) is 32.1 Å². The van der Waals surface area contributed by atoms with E-state index < -0.39 is 0 Å². The summed E-state index contributed by atoms with van der Waals surface area (Å²) in [6.07, 6.45) is 5.66. The van der Waals surface area contributed by atoms with E-state index >= 15 is 0 Å². The Hall–Kier alpha value is -2.18. The third-order valence-corrected chi connectivity index (χ3v) is 4.83. The molecule has 0 bridgehead atoms. The average molecular weight is 331 g/mol. The number of aromatic nitrogens is 4. The van der Waals surface area contributed by atoms with Crippen molar-refractivity contribution in [3.8, 4) is 0 Å². The zero-order valence-corrected chi connectivity index (χ0v) is 14.6. The third kappa shape index (κ3) is 3.34. The summed E-state index contributed by atoms with van der Waals surface area (Å²) < 4.78 is 6.97.